The number of hydrogen-bond acceptors (Lipinski definition) is 2. The molecule has 0 radical (unpaired) electrons. The van der Waals surface area contributed by atoms with Crippen molar-refractivity contribution in [1.82, 2.24) is 9.88 Å². The number of ether oxygens (including phenoxy) is 1. The van der Waals surface area contributed by atoms with Crippen LogP contribution in [0.1, 0.15) is 55.4 Å². The first-order valence-corrected chi connectivity index (χ1v) is 10.2. The summed E-state index contributed by atoms with van der Waals surface area (Å²) in [5.41, 5.74) is 1.70. The van der Waals surface area contributed by atoms with Crippen LogP contribution in [0.25, 0.3) is 10.9 Å². The van der Waals surface area contributed by atoms with E-state index >= 15 is 0 Å². The Labute approximate surface area is 159 Å². The number of amides is 1. The first-order chi connectivity index (χ1) is 12.6. The third kappa shape index (κ3) is 3.49. The van der Waals surface area contributed by atoms with Crippen LogP contribution in [-0.4, -0.2) is 30.2 Å². The predicted molar refractivity (Wildman–Crippen MR) is 105 cm³/mol. The maximum absolute atomic E-state index is 12.9. The van der Waals surface area contributed by atoms with E-state index in [-0.39, 0.29) is 11.9 Å². The Hall–Kier alpha value is -1.52. The number of aromatic nitrogens is 1. The van der Waals surface area contributed by atoms with E-state index < -0.39 is 0 Å². The number of hydrogen-bond donors (Lipinski definition) is 1. The zero-order valence-corrected chi connectivity index (χ0v) is 16.1. The fraction of sp³-hybridized carbons (Fsp3) is 0.571. The maximum atomic E-state index is 12.9. The van der Waals surface area contributed by atoms with Crippen LogP contribution in [0, 0.1) is 11.8 Å². The summed E-state index contributed by atoms with van der Waals surface area (Å²) in [6.45, 7) is 4.53. The number of rotatable bonds is 4. The van der Waals surface area contributed by atoms with Gasteiger partial charge >= 0.3 is 0 Å². The maximum Gasteiger partial charge on any atom is 0.253 e. The highest BCUT2D eigenvalue weighted by atomic mass is 35.5. The number of nitrogens with one attached hydrogen (secondary N) is 1. The smallest absolute Gasteiger partial charge is 0.253 e. The Morgan fingerprint density at radius 1 is 1.35 bits per heavy atom. The molecule has 1 aliphatic carbocycles. The van der Waals surface area contributed by atoms with Gasteiger partial charge in [0.05, 0.1) is 28.8 Å². The SMILES string of the molecule is C[C@@H]1CCCC(CNC(=O)c2cn(C3CCOC3)c3cccc(Cl)c23)C1. The second-order valence-electron chi connectivity index (χ2n) is 7.95. The van der Waals surface area contributed by atoms with Gasteiger partial charge in [0.15, 0.2) is 0 Å². The van der Waals surface area contributed by atoms with E-state index in [1.165, 1.54) is 25.7 Å². The van der Waals surface area contributed by atoms with Crippen LogP contribution < -0.4 is 5.32 Å². The third-order valence-electron chi connectivity index (χ3n) is 5.95. The van der Waals surface area contributed by atoms with Gasteiger partial charge in [-0.3, -0.25) is 4.79 Å². The van der Waals surface area contributed by atoms with Crippen LogP contribution >= 0.6 is 11.6 Å². The average molecular weight is 375 g/mol. The van der Waals surface area contributed by atoms with Gasteiger partial charge in [0, 0.05) is 24.7 Å². The van der Waals surface area contributed by atoms with E-state index in [0.717, 1.165) is 36.4 Å². The van der Waals surface area contributed by atoms with Gasteiger partial charge in [-0.1, -0.05) is 37.4 Å². The molecule has 2 heterocycles. The van der Waals surface area contributed by atoms with Crippen LogP contribution in [0.2, 0.25) is 5.02 Å². The zero-order valence-electron chi connectivity index (χ0n) is 15.3. The molecule has 1 amide bonds. The lowest BCUT2D eigenvalue weighted by Crippen LogP contribution is -2.31. The second kappa shape index (κ2) is 7.61. The quantitative estimate of drug-likeness (QED) is 0.834. The van der Waals surface area contributed by atoms with E-state index in [4.69, 9.17) is 16.3 Å². The second-order valence-corrected chi connectivity index (χ2v) is 8.36. The number of halogens is 1. The van der Waals surface area contributed by atoms with Crippen molar-refractivity contribution in [2.45, 2.75) is 45.1 Å². The average Bonchev–Trinajstić information content (AvgIpc) is 3.28. The lowest BCUT2D eigenvalue weighted by Gasteiger charge is -2.26. The van der Waals surface area contributed by atoms with Gasteiger partial charge in [-0.2, -0.15) is 0 Å². The molecular weight excluding hydrogens is 348 g/mol. The largest absolute Gasteiger partial charge is 0.379 e. The van der Waals surface area contributed by atoms with E-state index in [0.29, 0.717) is 23.1 Å². The van der Waals surface area contributed by atoms with Crippen LogP contribution in [0.3, 0.4) is 0 Å². The van der Waals surface area contributed by atoms with E-state index in [2.05, 4.69) is 16.8 Å². The first-order valence-electron chi connectivity index (χ1n) is 9.78. The van der Waals surface area contributed by atoms with Crippen molar-refractivity contribution in [2.24, 2.45) is 11.8 Å². The van der Waals surface area contributed by atoms with E-state index in [1.54, 1.807) is 0 Å². The molecule has 2 unspecified atom stereocenters. The van der Waals surface area contributed by atoms with Crippen molar-refractivity contribution in [1.29, 1.82) is 0 Å². The van der Waals surface area contributed by atoms with Crippen molar-refractivity contribution in [2.75, 3.05) is 19.8 Å². The molecule has 2 fully saturated rings. The van der Waals surface area contributed by atoms with E-state index in [9.17, 15) is 4.79 Å². The number of benzene rings is 1. The molecule has 26 heavy (non-hydrogen) atoms. The minimum Gasteiger partial charge on any atom is -0.379 e. The van der Waals surface area contributed by atoms with Crippen molar-refractivity contribution < 1.29 is 9.53 Å². The summed E-state index contributed by atoms with van der Waals surface area (Å²) in [6, 6.07) is 6.12. The van der Waals surface area contributed by atoms with Gasteiger partial charge in [-0.05, 0) is 43.2 Å². The standard InChI is InChI=1S/C21H27ClN2O2/c1-14-4-2-5-15(10-14)11-23-21(25)17-12-24(16-8-9-26-13-16)19-7-3-6-18(22)20(17)19/h3,6-7,12,14-16H,2,4-5,8-11,13H2,1H3,(H,23,25)/t14-,15?,16?/m1/s1. The van der Waals surface area contributed by atoms with Gasteiger partial charge in [-0.25, -0.2) is 0 Å². The molecule has 1 saturated carbocycles. The molecule has 0 bridgehead atoms. The number of fused-ring (bicyclic) bond motifs is 1. The molecule has 0 spiro atoms. The number of carbonyl (C=O) groups excluding carboxylic acids is 1. The fourth-order valence-corrected chi connectivity index (χ4v) is 4.83. The molecule has 4 rings (SSSR count). The molecule has 2 aromatic rings. The lowest BCUT2D eigenvalue weighted by molar-refractivity contribution is 0.0942. The molecule has 5 heteroatoms. The predicted octanol–water partition coefficient (Wildman–Crippen LogP) is 4.81. The molecule has 1 aliphatic heterocycles. The monoisotopic (exact) mass is 374 g/mol. The minimum absolute atomic E-state index is 0.0148. The first kappa shape index (κ1) is 17.9. The fourth-order valence-electron chi connectivity index (χ4n) is 4.56. The van der Waals surface area contributed by atoms with Crippen molar-refractivity contribution in [3.05, 3.63) is 35.0 Å². The van der Waals surface area contributed by atoms with Crippen LogP contribution in [0.15, 0.2) is 24.4 Å². The van der Waals surface area contributed by atoms with Crippen LogP contribution in [0.5, 0.6) is 0 Å². The summed E-state index contributed by atoms with van der Waals surface area (Å²) in [7, 11) is 0. The van der Waals surface area contributed by atoms with Gasteiger partial charge in [0.1, 0.15) is 0 Å². The van der Waals surface area contributed by atoms with Crippen molar-refractivity contribution >= 4 is 28.4 Å². The molecule has 2 aliphatic rings. The summed E-state index contributed by atoms with van der Waals surface area (Å²) in [5, 5.41) is 4.66. The molecular formula is C21H27ClN2O2. The Kier molecular flexibility index (Phi) is 5.23. The van der Waals surface area contributed by atoms with Crippen molar-refractivity contribution in [3.63, 3.8) is 0 Å². The van der Waals surface area contributed by atoms with Gasteiger partial charge in [-0.15, -0.1) is 0 Å². The molecule has 3 atom stereocenters. The minimum atomic E-state index is -0.0148. The third-order valence-corrected chi connectivity index (χ3v) is 6.26. The summed E-state index contributed by atoms with van der Waals surface area (Å²) in [6.07, 6.45) is 7.95. The molecule has 1 aromatic heterocycles. The number of nitrogens with zero attached hydrogens (tertiary/aromatic N) is 1. The molecule has 4 nitrogen and oxygen atoms in total. The number of carbonyl (C=O) groups is 1. The van der Waals surface area contributed by atoms with E-state index in [1.807, 2.05) is 24.4 Å². The van der Waals surface area contributed by atoms with Crippen LogP contribution in [-0.2, 0) is 4.74 Å². The molecule has 140 valence electrons. The Balaban J connectivity index is 1.58. The summed E-state index contributed by atoms with van der Waals surface area (Å²) >= 11 is 6.47. The van der Waals surface area contributed by atoms with Gasteiger partial charge in [0.2, 0.25) is 0 Å². The highest BCUT2D eigenvalue weighted by Gasteiger charge is 2.25. The lowest BCUT2D eigenvalue weighted by atomic mass is 9.82. The van der Waals surface area contributed by atoms with Crippen molar-refractivity contribution in [3.8, 4) is 0 Å². The van der Waals surface area contributed by atoms with Gasteiger partial charge < -0.3 is 14.6 Å². The Bertz CT molecular complexity index is 795. The summed E-state index contributed by atoms with van der Waals surface area (Å²) in [5.74, 6) is 1.35. The molecule has 1 aromatic carbocycles. The Morgan fingerprint density at radius 3 is 3.00 bits per heavy atom. The zero-order chi connectivity index (χ0) is 18.1. The molecule has 1 N–H and O–H groups in total. The normalized spacial score (nSPS) is 26.3. The van der Waals surface area contributed by atoms with Crippen LogP contribution in [0.4, 0.5) is 0 Å². The highest BCUT2D eigenvalue weighted by Crippen LogP contribution is 2.33. The topological polar surface area (TPSA) is 43.3 Å². The summed E-state index contributed by atoms with van der Waals surface area (Å²) in [4.78, 5) is 12.9. The molecule has 1 saturated heterocycles. The highest BCUT2D eigenvalue weighted by molar-refractivity contribution is 6.36. The van der Waals surface area contributed by atoms with Gasteiger partial charge in [0.25, 0.3) is 5.91 Å². The summed E-state index contributed by atoms with van der Waals surface area (Å²) < 4.78 is 7.72. The Morgan fingerprint density at radius 2 is 2.23 bits per heavy atom.